The van der Waals surface area contributed by atoms with Crippen molar-refractivity contribution in [3.05, 3.63) is 22.8 Å². The van der Waals surface area contributed by atoms with Gasteiger partial charge in [-0.05, 0) is 19.1 Å². The Kier molecular flexibility index (Phi) is 4.79. The minimum absolute atomic E-state index is 0.0410. The lowest BCUT2D eigenvalue weighted by Gasteiger charge is -2.19. The second kappa shape index (κ2) is 6.56. The van der Waals surface area contributed by atoms with Crippen molar-refractivity contribution < 1.29 is 9.59 Å². The minimum Gasteiger partial charge on any atom is -0.370 e. The molecule has 0 saturated carbocycles. The number of anilines is 1. The molecule has 2 rings (SSSR count). The Labute approximate surface area is 122 Å². The van der Waals surface area contributed by atoms with E-state index < -0.39 is 0 Å². The number of halogens is 1. The average molecular weight is 297 g/mol. The van der Waals surface area contributed by atoms with Crippen LogP contribution in [-0.4, -0.2) is 47.9 Å². The maximum atomic E-state index is 12.4. The summed E-state index contributed by atoms with van der Waals surface area (Å²) in [5, 5.41) is 6.09. The lowest BCUT2D eigenvalue weighted by Crippen LogP contribution is -2.35. The molecule has 2 amide bonds. The summed E-state index contributed by atoms with van der Waals surface area (Å²) in [6.45, 7) is 3.96. The lowest BCUT2D eigenvalue weighted by molar-refractivity contribution is -0.120. The number of hydrogen-bond donors (Lipinski definition) is 2. The number of carbonyl (C=O) groups is 2. The van der Waals surface area contributed by atoms with Crippen LogP contribution in [0.4, 0.5) is 5.82 Å². The monoisotopic (exact) mass is 296 g/mol. The zero-order valence-electron chi connectivity index (χ0n) is 11.3. The quantitative estimate of drug-likeness (QED) is 0.877. The van der Waals surface area contributed by atoms with E-state index in [9.17, 15) is 9.59 Å². The van der Waals surface area contributed by atoms with Crippen LogP contribution in [-0.2, 0) is 4.79 Å². The van der Waals surface area contributed by atoms with Crippen molar-refractivity contribution in [3.8, 4) is 0 Å². The molecule has 2 heterocycles. The first-order chi connectivity index (χ1) is 9.61. The van der Waals surface area contributed by atoms with Crippen LogP contribution in [0.15, 0.2) is 12.1 Å². The number of nitrogens with one attached hydrogen (secondary N) is 2. The fourth-order valence-electron chi connectivity index (χ4n) is 1.99. The van der Waals surface area contributed by atoms with Gasteiger partial charge in [-0.1, -0.05) is 11.6 Å². The maximum absolute atomic E-state index is 12.4. The van der Waals surface area contributed by atoms with Gasteiger partial charge in [-0.2, -0.15) is 0 Å². The van der Waals surface area contributed by atoms with Crippen LogP contribution >= 0.6 is 11.6 Å². The summed E-state index contributed by atoms with van der Waals surface area (Å²) in [5.41, 5.74) is 0.222. The van der Waals surface area contributed by atoms with E-state index in [-0.39, 0.29) is 17.5 Å². The zero-order valence-corrected chi connectivity index (χ0v) is 12.0. The highest BCUT2D eigenvalue weighted by atomic mass is 35.5. The molecule has 6 nitrogen and oxygen atoms in total. The summed E-state index contributed by atoms with van der Waals surface area (Å²) in [4.78, 5) is 29.6. The molecule has 1 saturated heterocycles. The Morgan fingerprint density at radius 2 is 2.30 bits per heavy atom. The van der Waals surface area contributed by atoms with Gasteiger partial charge in [0.05, 0.1) is 5.02 Å². The van der Waals surface area contributed by atoms with Gasteiger partial charge in [-0.25, -0.2) is 4.98 Å². The molecule has 1 aromatic heterocycles. The molecular formula is C13H17ClN4O2. The van der Waals surface area contributed by atoms with Gasteiger partial charge in [0.15, 0.2) is 0 Å². The summed E-state index contributed by atoms with van der Waals surface area (Å²) in [6.07, 6.45) is 0.302. The van der Waals surface area contributed by atoms with E-state index in [2.05, 4.69) is 15.6 Å². The van der Waals surface area contributed by atoms with Gasteiger partial charge in [0.25, 0.3) is 5.91 Å². The molecule has 0 aromatic carbocycles. The molecule has 0 radical (unpaired) electrons. The van der Waals surface area contributed by atoms with E-state index in [0.29, 0.717) is 43.4 Å². The van der Waals surface area contributed by atoms with Crippen molar-refractivity contribution in [1.82, 2.24) is 15.2 Å². The Balaban J connectivity index is 2.19. The Bertz CT molecular complexity index is 521. The normalized spacial score (nSPS) is 15.5. The molecule has 108 valence electrons. The van der Waals surface area contributed by atoms with E-state index in [1.165, 1.54) is 0 Å². The van der Waals surface area contributed by atoms with E-state index in [1.807, 2.05) is 6.92 Å². The molecule has 1 fully saturated rings. The average Bonchev–Trinajstić information content (AvgIpc) is 2.65. The third-order valence-electron chi connectivity index (χ3n) is 3.01. The molecule has 0 unspecified atom stereocenters. The number of rotatable bonds is 3. The number of aromatic nitrogens is 1. The third-order valence-corrected chi connectivity index (χ3v) is 3.31. The van der Waals surface area contributed by atoms with Gasteiger partial charge >= 0.3 is 0 Å². The van der Waals surface area contributed by atoms with Crippen molar-refractivity contribution in [2.75, 3.05) is 31.5 Å². The summed E-state index contributed by atoms with van der Waals surface area (Å²) < 4.78 is 0. The largest absolute Gasteiger partial charge is 0.370 e. The predicted molar refractivity (Wildman–Crippen MR) is 76.9 cm³/mol. The third kappa shape index (κ3) is 3.39. The van der Waals surface area contributed by atoms with Crippen molar-refractivity contribution in [2.45, 2.75) is 13.3 Å². The molecule has 7 heteroatoms. The fourth-order valence-corrected chi connectivity index (χ4v) is 2.18. The highest BCUT2D eigenvalue weighted by Gasteiger charge is 2.23. The predicted octanol–water partition coefficient (Wildman–Crippen LogP) is 1.13. The first-order valence-electron chi connectivity index (χ1n) is 6.58. The molecule has 1 aliphatic rings. The van der Waals surface area contributed by atoms with E-state index >= 15 is 0 Å². The number of hydrogen-bond acceptors (Lipinski definition) is 4. The number of amides is 2. The second-order valence-corrected chi connectivity index (χ2v) is 4.86. The van der Waals surface area contributed by atoms with Gasteiger partial charge in [0.2, 0.25) is 5.91 Å². The molecule has 0 atom stereocenters. The molecule has 2 N–H and O–H groups in total. The van der Waals surface area contributed by atoms with Gasteiger partial charge in [0, 0.05) is 32.6 Å². The Morgan fingerprint density at radius 3 is 3.05 bits per heavy atom. The molecule has 20 heavy (non-hydrogen) atoms. The molecule has 0 spiro atoms. The van der Waals surface area contributed by atoms with E-state index in [0.717, 1.165) is 0 Å². The van der Waals surface area contributed by atoms with Crippen LogP contribution in [0.25, 0.3) is 0 Å². The van der Waals surface area contributed by atoms with Crippen LogP contribution in [0, 0.1) is 0 Å². The number of carbonyl (C=O) groups excluding carboxylic acids is 2. The van der Waals surface area contributed by atoms with Gasteiger partial charge < -0.3 is 15.5 Å². The molecule has 0 bridgehead atoms. The fraction of sp³-hybridized carbons (Fsp3) is 0.462. The van der Waals surface area contributed by atoms with E-state index in [1.54, 1.807) is 17.0 Å². The van der Waals surface area contributed by atoms with Gasteiger partial charge in [0.1, 0.15) is 11.5 Å². The second-order valence-electron chi connectivity index (χ2n) is 4.45. The zero-order chi connectivity index (χ0) is 14.5. The lowest BCUT2D eigenvalue weighted by atomic mass is 10.3. The van der Waals surface area contributed by atoms with Crippen molar-refractivity contribution in [2.24, 2.45) is 0 Å². The summed E-state index contributed by atoms with van der Waals surface area (Å²) in [7, 11) is 0. The van der Waals surface area contributed by atoms with Crippen LogP contribution in [0.5, 0.6) is 0 Å². The first-order valence-corrected chi connectivity index (χ1v) is 6.96. The molecule has 1 aliphatic heterocycles. The smallest absolute Gasteiger partial charge is 0.274 e. The Morgan fingerprint density at radius 1 is 1.50 bits per heavy atom. The van der Waals surface area contributed by atoms with Crippen LogP contribution < -0.4 is 10.6 Å². The molecule has 1 aromatic rings. The Hall–Kier alpha value is -1.82. The van der Waals surface area contributed by atoms with Crippen LogP contribution in [0.1, 0.15) is 23.8 Å². The summed E-state index contributed by atoms with van der Waals surface area (Å²) in [5.74, 6) is 0.330. The van der Waals surface area contributed by atoms with Crippen molar-refractivity contribution in [3.63, 3.8) is 0 Å². The van der Waals surface area contributed by atoms with Crippen molar-refractivity contribution >= 4 is 29.2 Å². The maximum Gasteiger partial charge on any atom is 0.274 e. The standard InChI is InChI=1S/C13H17ClN4O2/c1-2-15-10-4-3-9(14)12(17-10)13(20)18-7-5-11(19)16-6-8-18/h3-4H,2,5-8H2,1H3,(H,15,17)(H,16,19). The van der Waals surface area contributed by atoms with Crippen LogP contribution in [0.3, 0.4) is 0 Å². The molecular weight excluding hydrogens is 280 g/mol. The summed E-state index contributed by atoms with van der Waals surface area (Å²) in [6, 6.07) is 3.39. The minimum atomic E-state index is -0.244. The highest BCUT2D eigenvalue weighted by molar-refractivity contribution is 6.33. The number of pyridine rings is 1. The topological polar surface area (TPSA) is 74.3 Å². The van der Waals surface area contributed by atoms with Gasteiger partial charge in [-0.3, -0.25) is 9.59 Å². The van der Waals surface area contributed by atoms with Crippen molar-refractivity contribution in [1.29, 1.82) is 0 Å². The summed E-state index contributed by atoms with van der Waals surface area (Å²) >= 11 is 6.06. The van der Waals surface area contributed by atoms with Gasteiger partial charge in [-0.15, -0.1) is 0 Å². The van der Waals surface area contributed by atoms with E-state index in [4.69, 9.17) is 11.6 Å². The first kappa shape index (κ1) is 14.6. The highest BCUT2D eigenvalue weighted by Crippen LogP contribution is 2.19. The number of nitrogens with zero attached hydrogens (tertiary/aromatic N) is 2. The molecule has 0 aliphatic carbocycles. The SMILES string of the molecule is CCNc1ccc(Cl)c(C(=O)N2CCNC(=O)CC2)n1. The van der Waals surface area contributed by atoms with Crippen LogP contribution in [0.2, 0.25) is 5.02 Å².